The van der Waals surface area contributed by atoms with Crippen LogP contribution in [-0.2, 0) is 13.2 Å². The first-order valence-corrected chi connectivity index (χ1v) is 10.7. The summed E-state index contributed by atoms with van der Waals surface area (Å²) in [6.07, 6.45) is 1.62. The predicted octanol–water partition coefficient (Wildman–Crippen LogP) is 6.66. The Labute approximate surface area is 194 Å². The van der Waals surface area contributed by atoms with E-state index in [2.05, 4.69) is 9.97 Å². The molecule has 164 valence electrons. The van der Waals surface area contributed by atoms with E-state index in [0.717, 1.165) is 17.2 Å². The lowest BCUT2D eigenvalue weighted by atomic mass is 10.2. The molecule has 3 aromatic carbocycles. The largest absolute Gasteiger partial charge is 0.472 e. The minimum Gasteiger partial charge on any atom is -0.472 e. The van der Waals surface area contributed by atoms with Crippen LogP contribution in [0.15, 0.2) is 85.1 Å². The van der Waals surface area contributed by atoms with Gasteiger partial charge in [-0.15, -0.1) is 0 Å². The van der Waals surface area contributed by atoms with Gasteiger partial charge in [-0.3, -0.25) is 0 Å². The highest BCUT2D eigenvalue weighted by Crippen LogP contribution is 2.32. The Hall–Kier alpha value is -3.77. The minimum absolute atomic E-state index is 0.214. The van der Waals surface area contributed by atoms with Crippen LogP contribution >= 0.6 is 11.6 Å². The number of aromatic nitrogens is 3. The summed E-state index contributed by atoms with van der Waals surface area (Å²) < 4.78 is 36.0. The van der Waals surface area contributed by atoms with Gasteiger partial charge in [-0.2, -0.15) is 0 Å². The molecule has 0 saturated heterocycles. The number of hydrogen-bond donors (Lipinski definition) is 0. The molecule has 4 nitrogen and oxygen atoms in total. The second-order valence-electron chi connectivity index (χ2n) is 7.50. The highest BCUT2D eigenvalue weighted by molar-refractivity contribution is 6.31. The lowest BCUT2D eigenvalue weighted by molar-refractivity contribution is 0.295. The van der Waals surface area contributed by atoms with E-state index in [1.165, 1.54) is 6.07 Å². The van der Waals surface area contributed by atoms with Gasteiger partial charge in [-0.25, -0.2) is 18.7 Å². The van der Waals surface area contributed by atoms with Crippen molar-refractivity contribution < 1.29 is 13.5 Å². The quantitative estimate of drug-likeness (QED) is 0.284. The van der Waals surface area contributed by atoms with E-state index in [1.807, 2.05) is 59.2 Å². The molecule has 0 amide bonds. The molecular formula is C26H18ClF2N3O. The third-order valence-corrected chi connectivity index (χ3v) is 5.68. The van der Waals surface area contributed by atoms with Crippen LogP contribution in [0, 0.1) is 11.6 Å². The van der Waals surface area contributed by atoms with E-state index in [9.17, 15) is 8.78 Å². The molecule has 0 atom stereocenters. The molecule has 0 aliphatic heterocycles. The average molecular weight is 462 g/mol. The molecule has 0 unspecified atom stereocenters. The van der Waals surface area contributed by atoms with Crippen molar-refractivity contribution in [2.24, 2.45) is 0 Å². The first kappa shape index (κ1) is 21.1. The molecular weight excluding hydrogens is 444 g/mol. The van der Waals surface area contributed by atoms with Gasteiger partial charge in [-0.1, -0.05) is 60.1 Å². The number of rotatable bonds is 6. The molecule has 0 aliphatic carbocycles. The zero-order chi connectivity index (χ0) is 22.8. The molecule has 7 heteroatoms. The molecule has 0 bridgehead atoms. The average Bonchev–Trinajstić information content (AvgIpc) is 3.16. The van der Waals surface area contributed by atoms with Gasteiger partial charge in [0.25, 0.3) is 0 Å². The summed E-state index contributed by atoms with van der Waals surface area (Å²) in [5.74, 6) is -1.02. The fourth-order valence-electron chi connectivity index (χ4n) is 3.69. The maximum atomic E-state index is 14.1. The summed E-state index contributed by atoms with van der Waals surface area (Å²) in [5.41, 5.74) is 3.25. The first-order chi connectivity index (χ1) is 16.1. The van der Waals surface area contributed by atoms with E-state index in [-0.39, 0.29) is 6.61 Å². The number of pyridine rings is 1. The third kappa shape index (κ3) is 4.30. The second kappa shape index (κ2) is 9.00. The van der Waals surface area contributed by atoms with Crippen molar-refractivity contribution in [1.82, 2.24) is 14.5 Å². The fourth-order valence-corrected chi connectivity index (χ4v) is 3.88. The standard InChI is InChI=1S/C26H18ClF2N3O/c27-20-11-5-4-9-18(20)16-33-26-19(10-6-12-30-26)25-31-23-13-21(28)22(29)14-24(23)32(25)15-17-7-2-1-3-8-17/h1-14H,15-16H2. The summed E-state index contributed by atoms with van der Waals surface area (Å²) in [6.45, 7) is 0.627. The lowest BCUT2D eigenvalue weighted by Gasteiger charge is -2.13. The monoisotopic (exact) mass is 461 g/mol. The smallest absolute Gasteiger partial charge is 0.224 e. The summed E-state index contributed by atoms with van der Waals surface area (Å²) in [6, 6.07) is 23.0. The van der Waals surface area contributed by atoms with Gasteiger partial charge in [0.05, 0.1) is 16.6 Å². The summed E-state index contributed by atoms with van der Waals surface area (Å²) >= 11 is 6.26. The third-order valence-electron chi connectivity index (χ3n) is 5.31. The van der Waals surface area contributed by atoms with Crippen LogP contribution in [0.3, 0.4) is 0 Å². The first-order valence-electron chi connectivity index (χ1n) is 10.3. The zero-order valence-corrected chi connectivity index (χ0v) is 18.1. The number of hydrogen-bond acceptors (Lipinski definition) is 3. The van der Waals surface area contributed by atoms with Crippen molar-refractivity contribution in [1.29, 1.82) is 0 Å². The zero-order valence-electron chi connectivity index (χ0n) is 17.4. The normalized spacial score (nSPS) is 11.1. The van der Waals surface area contributed by atoms with E-state index in [1.54, 1.807) is 18.3 Å². The summed E-state index contributed by atoms with van der Waals surface area (Å²) in [5, 5.41) is 0.595. The van der Waals surface area contributed by atoms with Gasteiger partial charge in [0.2, 0.25) is 5.88 Å². The Balaban J connectivity index is 1.61. The Kier molecular flexibility index (Phi) is 5.75. The van der Waals surface area contributed by atoms with Crippen molar-refractivity contribution in [2.75, 3.05) is 0 Å². The van der Waals surface area contributed by atoms with Crippen molar-refractivity contribution in [2.45, 2.75) is 13.2 Å². The van der Waals surface area contributed by atoms with Crippen molar-refractivity contribution in [3.8, 4) is 17.3 Å². The molecule has 0 radical (unpaired) electrons. The van der Waals surface area contributed by atoms with E-state index < -0.39 is 11.6 Å². The number of nitrogens with zero attached hydrogens (tertiary/aromatic N) is 3. The van der Waals surface area contributed by atoms with Crippen molar-refractivity contribution in [3.63, 3.8) is 0 Å². The molecule has 5 aromatic rings. The van der Waals surface area contributed by atoms with Crippen molar-refractivity contribution in [3.05, 3.63) is 113 Å². The summed E-state index contributed by atoms with van der Waals surface area (Å²) in [4.78, 5) is 9.01. The molecule has 2 heterocycles. The molecule has 5 rings (SSSR count). The fraction of sp³-hybridized carbons (Fsp3) is 0.0769. The van der Waals surface area contributed by atoms with Crippen LogP contribution in [-0.4, -0.2) is 14.5 Å². The minimum atomic E-state index is -0.945. The molecule has 0 aliphatic rings. The Bertz CT molecular complexity index is 1440. The molecule has 0 spiro atoms. The summed E-state index contributed by atoms with van der Waals surface area (Å²) in [7, 11) is 0. The highest BCUT2D eigenvalue weighted by Gasteiger charge is 2.20. The maximum Gasteiger partial charge on any atom is 0.224 e. The van der Waals surface area contributed by atoms with E-state index in [0.29, 0.717) is 39.9 Å². The maximum absolute atomic E-state index is 14.1. The van der Waals surface area contributed by atoms with Gasteiger partial charge in [0, 0.05) is 35.5 Å². The number of benzene rings is 3. The molecule has 2 aromatic heterocycles. The van der Waals surface area contributed by atoms with Gasteiger partial charge in [0.1, 0.15) is 12.4 Å². The Morgan fingerprint density at radius 3 is 2.45 bits per heavy atom. The van der Waals surface area contributed by atoms with Gasteiger partial charge in [0.15, 0.2) is 11.6 Å². The molecule has 0 saturated carbocycles. The SMILES string of the molecule is Fc1cc2nc(-c3cccnc3OCc3ccccc3Cl)n(Cc3ccccc3)c2cc1F. The van der Waals surface area contributed by atoms with E-state index >= 15 is 0 Å². The van der Waals surface area contributed by atoms with Crippen LogP contribution in [0.2, 0.25) is 5.02 Å². The number of halogens is 3. The van der Waals surface area contributed by atoms with Crippen molar-refractivity contribution >= 4 is 22.6 Å². The number of fused-ring (bicyclic) bond motifs is 1. The Morgan fingerprint density at radius 1 is 0.879 bits per heavy atom. The topological polar surface area (TPSA) is 39.9 Å². The van der Waals surface area contributed by atoms with Crippen LogP contribution in [0.1, 0.15) is 11.1 Å². The van der Waals surface area contributed by atoms with Gasteiger partial charge >= 0.3 is 0 Å². The second-order valence-corrected chi connectivity index (χ2v) is 7.91. The van der Waals surface area contributed by atoms with Gasteiger partial charge in [-0.05, 0) is 23.8 Å². The van der Waals surface area contributed by atoms with Gasteiger partial charge < -0.3 is 9.30 Å². The molecule has 0 N–H and O–H groups in total. The van der Waals surface area contributed by atoms with Crippen LogP contribution < -0.4 is 4.74 Å². The van der Waals surface area contributed by atoms with Crippen LogP contribution in [0.4, 0.5) is 8.78 Å². The van der Waals surface area contributed by atoms with E-state index in [4.69, 9.17) is 16.3 Å². The van der Waals surface area contributed by atoms with Crippen LogP contribution in [0.5, 0.6) is 5.88 Å². The lowest BCUT2D eigenvalue weighted by Crippen LogP contribution is -2.05. The number of ether oxygens (including phenoxy) is 1. The highest BCUT2D eigenvalue weighted by atomic mass is 35.5. The van der Waals surface area contributed by atoms with Crippen LogP contribution in [0.25, 0.3) is 22.4 Å². The molecule has 0 fully saturated rings. The molecule has 33 heavy (non-hydrogen) atoms. The predicted molar refractivity (Wildman–Crippen MR) is 124 cm³/mol. The number of imidazole rings is 1. The Morgan fingerprint density at radius 2 is 1.64 bits per heavy atom.